The maximum atomic E-state index is 12.8. The molecule has 2 atom stereocenters. The molecule has 0 spiro atoms. The van der Waals surface area contributed by atoms with Gasteiger partial charge in [0.05, 0.1) is 32.0 Å². The molecule has 2 aliphatic rings. The summed E-state index contributed by atoms with van der Waals surface area (Å²) in [5, 5.41) is 22.3. The number of nitrogens with zero attached hydrogens (tertiary/aromatic N) is 1. The molecule has 0 bridgehead atoms. The Morgan fingerprint density at radius 2 is 2.11 bits per heavy atom. The first kappa shape index (κ1) is 20.7. The number of methoxy groups -OCH3 is 1. The van der Waals surface area contributed by atoms with Gasteiger partial charge in [0.25, 0.3) is 5.91 Å². The third kappa shape index (κ3) is 4.87. The SMILES string of the molecule is COc1ccc(C(=O)NC[C@@H]2CCN(CCCO)C[C@H]2O)c2c1OCCCO2. The zero-order valence-electron chi connectivity index (χ0n) is 16.4. The van der Waals surface area contributed by atoms with Crippen LogP contribution in [0.4, 0.5) is 0 Å². The number of nitrogens with one attached hydrogen (secondary N) is 1. The minimum absolute atomic E-state index is 0.00310. The number of carbonyl (C=O) groups is 1. The first-order valence-electron chi connectivity index (χ1n) is 9.90. The lowest BCUT2D eigenvalue weighted by Crippen LogP contribution is -2.47. The van der Waals surface area contributed by atoms with E-state index in [1.807, 2.05) is 0 Å². The van der Waals surface area contributed by atoms with Gasteiger partial charge in [-0.1, -0.05) is 0 Å². The summed E-state index contributed by atoms with van der Waals surface area (Å²) < 4.78 is 16.8. The molecule has 0 aliphatic carbocycles. The van der Waals surface area contributed by atoms with Crippen molar-refractivity contribution in [1.29, 1.82) is 0 Å². The van der Waals surface area contributed by atoms with E-state index >= 15 is 0 Å². The highest BCUT2D eigenvalue weighted by Crippen LogP contribution is 2.41. The van der Waals surface area contributed by atoms with E-state index in [-0.39, 0.29) is 18.4 Å². The van der Waals surface area contributed by atoms with Crippen LogP contribution in [0.3, 0.4) is 0 Å². The summed E-state index contributed by atoms with van der Waals surface area (Å²) in [4.78, 5) is 14.9. The second kappa shape index (κ2) is 9.95. The Hall–Kier alpha value is -2.03. The Labute approximate surface area is 165 Å². The molecule has 0 saturated carbocycles. The molecule has 28 heavy (non-hydrogen) atoms. The predicted octanol–water partition coefficient (Wildman–Crippen LogP) is 0.652. The second-order valence-corrected chi connectivity index (χ2v) is 7.23. The molecule has 3 rings (SSSR count). The van der Waals surface area contributed by atoms with Crippen LogP contribution in [0.5, 0.6) is 17.2 Å². The van der Waals surface area contributed by atoms with Crippen LogP contribution >= 0.6 is 0 Å². The Morgan fingerprint density at radius 1 is 1.32 bits per heavy atom. The molecule has 8 nitrogen and oxygen atoms in total. The number of β-amino-alcohol motifs (C(OH)–C–C–N with tert-alkyl or cyclic N) is 1. The lowest BCUT2D eigenvalue weighted by molar-refractivity contribution is 0.0201. The van der Waals surface area contributed by atoms with E-state index in [1.54, 1.807) is 19.2 Å². The summed E-state index contributed by atoms with van der Waals surface area (Å²) in [6, 6.07) is 3.38. The summed E-state index contributed by atoms with van der Waals surface area (Å²) in [5.74, 6) is 1.17. The molecule has 8 heteroatoms. The third-order valence-electron chi connectivity index (χ3n) is 5.28. The van der Waals surface area contributed by atoms with Crippen molar-refractivity contribution >= 4 is 5.91 Å². The van der Waals surface area contributed by atoms with Gasteiger partial charge in [0.2, 0.25) is 5.75 Å². The molecular formula is C20H30N2O6. The second-order valence-electron chi connectivity index (χ2n) is 7.23. The Kier molecular flexibility index (Phi) is 7.36. The van der Waals surface area contributed by atoms with E-state index in [1.165, 1.54) is 0 Å². The number of aliphatic hydroxyl groups excluding tert-OH is 2. The minimum Gasteiger partial charge on any atom is -0.493 e. The average molecular weight is 394 g/mol. The van der Waals surface area contributed by atoms with Crippen LogP contribution in [0.1, 0.15) is 29.6 Å². The molecule has 156 valence electrons. The van der Waals surface area contributed by atoms with Gasteiger partial charge in [0.15, 0.2) is 11.5 Å². The summed E-state index contributed by atoms with van der Waals surface area (Å²) in [6.45, 7) is 3.74. The number of aliphatic hydroxyl groups is 2. The van der Waals surface area contributed by atoms with E-state index < -0.39 is 6.10 Å². The molecule has 1 fully saturated rings. The number of hydrogen-bond donors (Lipinski definition) is 3. The van der Waals surface area contributed by atoms with Gasteiger partial charge in [-0.15, -0.1) is 0 Å². The topological polar surface area (TPSA) is 100 Å². The van der Waals surface area contributed by atoms with Crippen molar-refractivity contribution < 1.29 is 29.2 Å². The van der Waals surface area contributed by atoms with Gasteiger partial charge < -0.3 is 34.6 Å². The highest BCUT2D eigenvalue weighted by atomic mass is 16.5. The molecule has 0 unspecified atom stereocenters. The van der Waals surface area contributed by atoms with Crippen LogP contribution in [0.15, 0.2) is 12.1 Å². The summed E-state index contributed by atoms with van der Waals surface area (Å²) in [5.41, 5.74) is 0.410. The number of carbonyl (C=O) groups excluding carboxylic acids is 1. The first-order chi connectivity index (χ1) is 13.6. The fraction of sp³-hybridized carbons (Fsp3) is 0.650. The van der Waals surface area contributed by atoms with E-state index in [4.69, 9.17) is 19.3 Å². The highest BCUT2D eigenvalue weighted by molar-refractivity contribution is 5.98. The van der Waals surface area contributed by atoms with Gasteiger partial charge in [-0.25, -0.2) is 0 Å². The number of amides is 1. The fourth-order valence-electron chi connectivity index (χ4n) is 3.67. The van der Waals surface area contributed by atoms with Crippen LogP contribution in [0, 0.1) is 5.92 Å². The standard InChI is InChI=1S/C20H30N2O6/c1-26-17-5-4-15(18-19(17)28-11-3-10-27-18)20(25)21-12-14-6-8-22(7-2-9-23)13-16(14)24/h4-5,14,16,23-24H,2-3,6-13H2,1H3,(H,21,25)/t14-,16+/m0/s1. The first-order valence-corrected chi connectivity index (χ1v) is 9.90. The lowest BCUT2D eigenvalue weighted by atomic mass is 9.93. The molecule has 1 aromatic rings. The van der Waals surface area contributed by atoms with E-state index in [0.717, 1.165) is 25.9 Å². The fourth-order valence-corrected chi connectivity index (χ4v) is 3.67. The molecule has 2 aliphatic heterocycles. The number of fused-ring (bicyclic) bond motifs is 1. The van der Waals surface area contributed by atoms with Gasteiger partial charge in [-0.05, 0) is 31.5 Å². The number of likely N-dealkylation sites (tertiary alicyclic amines) is 1. The van der Waals surface area contributed by atoms with Crippen molar-refractivity contribution in [2.75, 3.05) is 53.1 Å². The highest BCUT2D eigenvalue weighted by Gasteiger charge is 2.29. The van der Waals surface area contributed by atoms with Crippen LogP contribution in [0.2, 0.25) is 0 Å². The number of piperidine rings is 1. The zero-order chi connectivity index (χ0) is 19.9. The zero-order valence-corrected chi connectivity index (χ0v) is 16.4. The summed E-state index contributed by atoms with van der Waals surface area (Å²) >= 11 is 0. The van der Waals surface area contributed by atoms with Gasteiger partial charge in [-0.3, -0.25) is 4.79 Å². The predicted molar refractivity (Wildman–Crippen MR) is 103 cm³/mol. The van der Waals surface area contributed by atoms with E-state index in [0.29, 0.717) is 55.5 Å². The Balaban J connectivity index is 1.61. The van der Waals surface area contributed by atoms with E-state index in [9.17, 15) is 9.90 Å². The number of hydrogen-bond acceptors (Lipinski definition) is 7. The number of rotatable bonds is 7. The smallest absolute Gasteiger partial charge is 0.255 e. The minimum atomic E-state index is -0.500. The van der Waals surface area contributed by atoms with Crippen molar-refractivity contribution in [1.82, 2.24) is 10.2 Å². The van der Waals surface area contributed by atoms with Gasteiger partial charge in [0, 0.05) is 38.6 Å². The Bertz CT molecular complexity index is 668. The molecule has 1 saturated heterocycles. The molecule has 0 radical (unpaired) electrons. The maximum absolute atomic E-state index is 12.8. The molecular weight excluding hydrogens is 364 g/mol. The van der Waals surface area contributed by atoms with Crippen molar-refractivity contribution in [2.45, 2.75) is 25.4 Å². The lowest BCUT2D eigenvalue weighted by Gasteiger charge is -2.36. The molecule has 3 N–H and O–H groups in total. The van der Waals surface area contributed by atoms with E-state index in [2.05, 4.69) is 10.2 Å². The molecule has 1 amide bonds. The quantitative estimate of drug-likeness (QED) is 0.624. The van der Waals surface area contributed by atoms with Crippen molar-refractivity contribution in [2.24, 2.45) is 5.92 Å². The van der Waals surface area contributed by atoms with Gasteiger partial charge in [-0.2, -0.15) is 0 Å². The van der Waals surface area contributed by atoms with Gasteiger partial charge >= 0.3 is 0 Å². The van der Waals surface area contributed by atoms with Crippen LogP contribution in [0.25, 0.3) is 0 Å². The molecule has 1 aromatic carbocycles. The molecule has 0 aromatic heterocycles. The summed E-state index contributed by atoms with van der Waals surface area (Å²) in [6.07, 6.45) is 1.74. The maximum Gasteiger partial charge on any atom is 0.255 e. The van der Waals surface area contributed by atoms with Crippen LogP contribution in [-0.2, 0) is 0 Å². The van der Waals surface area contributed by atoms with Gasteiger partial charge in [0.1, 0.15) is 0 Å². The monoisotopic (exact) mass is 394 g/mol. The Morgan fingerprint density at radius 3 is 2.82 bits per heavy atom. The number of benzene rings is 1. The third-order valence-corrected chi connectivity index (χ3v) is 5.28. The molecule has 2 heterocycles. The average Bonchev–Trinajstić information content (AvgIpc) is 2.96. The summed E-state index contributed by atoms with van der Waals surface area (Å²) in [7, 11) is 1.55. The van der Waals surface area contributed by atoms with Crippen molar-refractivity contribution in [3.63, 3.8) is 0 Å². The number of ether oxygens (including phenoxy) is 3. The normalized spacial score (nSPS) is 22.4. The van der Waals surface area contributed by atoms with Crippen molar-refractivity contribution in [3.05, 3.63) is 17.7 Å². The largest absolute Gasteiger partial charge is 0.493 e. The van der Waals surface area contributed by atoms with Crippen LogP contribution < -0.4 is 19.5 Å². The van der Waals surface area contributed by atoms with Crippen molar-refractivity contribution in [3.8, 4) is 17.2 Å². The van der Waals surface area contributed by atoms with Crippen LogP contribution in [-0.4, -0.2) is 80.2 Å².